The maximum absolute atomic E-state index is 4.97. The molecular weight excluding hydrogens is 596 g/mol. The molecule has 0 radical (unpaired) electrons. The number of aryl methyl sites for hydroxylation is 2. The molecule has 1 aliphatic rings. The number of thiophene rings is 2. The number of aromatic nitrogens is 4. The van der Waals surface area contributed by atoms with Crippen LogP contribution in [0, 0.1) is 0 Å². The summed E-state index contributed by atoms with van der Waals surface area (Å²) in [5, 5.41) is 2.57. The van der Waals surface area contributed by atoms with E-state index in [0.29, 0.717) is 0 Å². The number of nitrogens with zero attached hydrogens (tertiary/aromatic N) is 6. The molecule has 8 aromatic rings. The van der Waals surface area contributed by atoms with Gasteiger partial charge in [-0.15, -0.1) is 0 Å². The summed E-state index contributed by atoms with van der Waals surface area (Å²) in [6.07, 6.45) is 0. The van der Waals surface area contributed by atoms with Crippen molar-refractivity contribution in [2.45, 2.75) is 0 Å². The molecule has 0 amide bonds. The topological polar surface area (TPSA) is 60.4 Å². The summed E-state index contributed by atoms with van der Waals surface area (Å²) in [5.41, 5.74) is 10.9. The summed E-state index contributed by atoms with van der Waals surface area (Å²) in [5.74, 6) is 0. The second-order valence-corrected chi connectivity index (χ2v) is 13.2. The predicted molar refractivity (Wildman–Crippen MR) is 162 cm³/mol. The summed E-state index contributed by atoms with van der Waals surface area (Å²) in [6.45, 7) is 0. The van der Waals surface area contributed by atoms with E-state index in [-0.39, 0.29) is 14.6 Å². The maximum atomic E-state index is 4.97. The van der Waals surface area contributed by atoms with Gasteiger partial charge in [0.05, 0.1) is 0 Å². The van der Waals surface area contributed by atoms with E-state index in [9.17, 15) is 0 Å². The SMILES string of the molecule is Cn1c2ccccc2c2sc(-c3c4c(c(-c5cc6c(s5)c5ccccc5n6C)c5nsnc35)N=[Se]=N4)cc21. The fraction of sp³-hybridized carbons (Fsp3) is 0.0714. The van der Waals surface area contributed by atoms with Crippen molar-refractivity contribution in [2.75, 3.05) is 0 Å². The molecule has 0 atom stereocenters. The number of para-hydroxylation sites is 2. The van der Waals surface area contributed by atoms with Crippen molar-refractivity contribution in [3.63, 3.8) is 0 Å². The third-order valence-electron chi connectivity index (χ3n) is 7.58. The zero-order valence-electron chi connectivity index (χ0n) is 20.1. The molecule has 1 aliphatic heterocycles. The van der Waals surface area contributed by atoms with Crippen molar-refractivity contribution in [3.05, 3.63) is 60.7 Å². The molecular formula is C28H16N6S3Se. The van der Waals surface area contributed by atoms with Gasteiger partial charge in [0, 0.05) is 0 Å². The predicted octanol–water partition coefficient (Wildman–Crippen LogP) is 8.79. The van der Waals surface area contributed by atoms with E-state index in [2.05, 4.69) is 83.9 Å². The van der Waals surface area contributed by atoms with Crippen molar-refractivity contribution >= 4 is 114 Å². The van der Waals surface area contributed by atoms with Gasteiger partial charge >= 0.3 is 235 Å². The Bertz CT molecular complexity index is 2210. The van der Waals surface area contributed by atoms with Crippen LogP contribution >= 0.6 is 34.4 Å². The molecule has 0 bridgehead atoms. The average Bonchev–Trinajstić information content (AvgIpc) is 3.78. The van der Waals surface area contributed by atoms with Crippen molar-refractivity contribution < 1.29 is 0 Å². The van der Waals surface area contributed by atoms with Gasteiger partial charge in [-0.05, 0) is 0 Å². The number of hydrogen-bond acceptors (Lipinski definition) is 7. The molecule has 9 rings (SSSR count). The monoisotopic (exact) mass is 612 g/mol. The van der Waals surface area contributed by atoms with E-state index in [1.165, 1.54) is 63.7 Å². The van der Waals surface area contributed by atoms with Crippen LogP contribution < -0.4 is 0 Å². The zero-order valence-corrected chi connectivity index (χ0v) is 24.3. The second-order valence-electron chi connectivity index (χ2n) is 9.48. The Balaban J connectivity index is 1.33. The Hall–Kier alpha value is -3.40. The molecule has 0 saturated heterocycles. The van der Waals surface area contributed by atoms with Crippen LogP contribution in [-0.4, -0.2) is 32.4 Å². The Kier molecular flexibility index (Phi) is 4.30. The summed E-state index contributed by atoms with van der Waals surface area (Å²) < 4.78 is 26.8. The first-order valence-corrected chi connectivity index (χ1v) is 15.9. The molecule has 0 spiro atoms. The van der Waals surface area contributed by atoms with E-state index >= 15 is 0 Å². The third kappa shape index (κ3) is 2.66. The molecule has 0 saturated carbocycles. The van der Waals surface area contributed by atoms with Crippen LogP contribution in [0.4, 0.5) is 11.4 Å². The van der Waals surface area contributed by atoms with Crippen LogP contribution in [0.5, 0.6) is 0 Å². The van der Waals surface area contributed by atoms with Crippen molar-refractivity contribution in [3.8, 4) is 20.9 Å². The van der Waals surface area contributed by atoms with E-state index in [0.717, 1.165) is 33.5 Å². The average molecular weight is 612 g/mol. The fourth-order valence-electron chi connectivity index (χ4n) is 5.79. The second kappa shape index (κ2) is 7.59. The first kappa shape index (κ1) is 21.5. The first-order valence-electron chi connectivity index (χ1n) is 12.0. The Morgan fingerprint density at radius 1 is 0.632 bits per heavy atom. The van der Waals surface area contributed by atoms with E-state index < -0.39 is 0 Å². The Morgan fingerprint density at radius 3 is 1.61 bits per heavy atom. The van der Waals surface area contributed by atoms with E-state index in [4.69, 9.17) is 16.7 Å². The van der Waals surface area contributed by atoms with Crippen LogP contribution in [0.3, 0.4) is 0 Å². The van der Waals surface area contributed by atoms with Crippen molar-refractivity contribution in [2.24, 2.45) is 22.0 Å². The van der Waals surface area contributed by atoms with Crippen LogP contribution in [0.1, 0.15) is 0 Å². The number of fused-ring (bicyclic) bond motifs is 8. The molecule has 10 heteroatoms. The van der Waals surface area contributed by atoms with Gasteiger partial charge in [0.15, 0.2) is 0 Å². The normalized spacial score (nSPS) is 13.1. The van der Waals surface area contributed by atoms with Gasteiger partial charge in [-0.3, -0.25) is 0 Å². The zero-order chi connectivity index (χ0) is 25.1. The molecule has 182 valence electrons. The van der Waals surface area contributed by atoms with Gasteiger partial charge in [-0.1, -0.05) is 0 Å². The standard InChI is InChI=1S/C28H16N6S3Se/c1-33-15-9-5-3-7-13(15)27-17(33)11-19(35-27)21-23-24(30-37-29-23)22(26-25(21)31-38-32-26)20-12-18-28(36-20)14-8-4-6-10-16(14)34(18)2/h3-12H,1-2H3. The van der Waals surface area contributed by atoms with Gasteiger partial charge in [0.1, 0.15) is 0 Å². The van der Waals surface area contributed by atoms with Gasteiger partial charge in [0.25, 0.3) is 0 Å². The van der Waals surface area contributed by atoms with Crippen molar-refractivity contribution in [1.29, 1.82) is 0 Å². The molecule has 0 unspecified atom stereocenters. The van der Waals surface area contributed by atoms with Gasteiger partial charge in [0.2, 0.25) is 0 Å². The molecule has 0 fully saturated rings. The molecule has 0 N–H and O–H groups in total. The molecule has 5 aromatic heterocycles. The minimum atomic E-state index is -0.180. The summed E-state index contributed by atoms with van der Waals surface area (Å²) >= 11 is 4.72. The summed E-state index contributed by atoms with van der Waals surface area (Å²) in [6, 6.07) is 21.8. The van der Waals surface area contributed by atoms with Crippen LogP contribution in [0.15, 0.2) is 68.6 Å². The molecule has 6 nitrogen and oxygen atoms in total. The third-order valence-corrected chi connectivity index (χ3v) is 11.6. The minimum absolute atomic E-state index is 0.180. The van der Waals surface area contributed by atoms with Crippen molar-refractivity contribution in [1.82, 2.24) is 17.9 Å². The molecule has 6 heterocycles. The number of rotatable bonds is 2. The van der Waals surface area contributed by atoms with Crippen LogP contribution in [0.2, 0.25) is 0 Å². The first-order chi connectivity index (χ1) is 18.7. The summed E-state index contributed by atoms with van der Waals surface area (Å²) in [4.78, 5) is 2.35. The molecule has 3 aromatic carbocycles. The number of benzene rings is 3. The Labute approximate surface area is 233 Å². The van der Waals surface area contributed by atoms with Gasteiger partial charge in [-0.2, -0.15) is 0 Å². The van der Waals surface area contributed by atoms with E-state index in [1.54, 1.807) is 0 Å². The quantitative estimate of drug-likeness (QED) is 0.184. The van der Waals surface area contributed by atoms with Crippen LogP contribution in [0.25, 0.3) is 74.2 Å². The fourth-order valence-corrected chi connectivity index (χ4v) is 10.1. The Morgan fingerprint density at radius 2 is 1.11 bits per heavy atom. The van der Waals surface area contributed by atoms with Gasteiger partial charge in [-0.25, -0.2) is 0 Å². The van der Waals surface area contributed by atoms with E-state index in [1.807, 2.05) is 22.7 Å². The molecule has 0 aliphatic carbocycles. The van der Waals surface area contributed by atoms with Gasteiger partial charge < -0.3 is 0 Å². The molecule has 38 heavy (non-hydrogen) atoms. The number of hydrogen-bond donors (Lipinski definition) is 0. The van der Waals surface area contributed by atoms with Crippen LogP contribution in [-0.2, 0) is 14.1 Å². The summed E-state index contributed by atoms with van der Waals surface area (Å²) in [7, 11) is 4.28.